The van der Waals surface area contributed by atoms with Gasteiger partial charge in [0.05, 0.1) is 59.6 Å². The maximum Gasteiger partial charge on any atom is 0.293 e. The normalized spacial score (nSPS) is 21.4. The number of hydrogen-bond donors (Lipinski definition) is 4. The minimum Gasteiger partial charge on any atom is -0.471 e. The highest BCUT2D eigenvalue weighted by atomic mass is 35.5. The molecule has 1 saturated carbocycles. The minimum absolute atomic E-state index is 0.0571. The lowest BCUT2D eigenvalue weighted by Gasteiger charge is -2.48. The third-order valence-corrected chi connectivity index (χ3v) is 15.9. The Labute approximate surface area is 393 Å². The van der Waals surface area contributed by atoms with Crippen molar-refractivity contribution in [3.63, 3.8) is 0 Å². The molecule has 2 saturated heterocycles. The molecule has 1 spiro atoms. The number of H-pyrrole nitrogens is 1. The number of aliphatic hydroxyl groups is 1. The molecule has 5 aliphatic rings. The van der Waals surface area contributed by atoms with E-state index in [1.54, 1.807) is 12.3 Å². The number of sulfonamides is 1. The molecular formula is C49H54ClN7O9S. The lowest BCUT2D eigenvalue weighted by Crippen LogP contribution is -2.40. The number of fused-ring (bicyclic) bond motifs is 2. The maximum atomic E-state index is 14.4. The van der Waals surface area contributed by atoms with Crippen LogP contribution in [0.3, 0.4) is 0 Å². The Hall–Kier alpha value is -5.72. The first-order valence-corrected chi connectivity index (χ1v) is 25.0. The summed E-state index contributed by atoms with van der Waals surface area (Å²) in [4.78, 5) is 37.5. The number of aliphatic hydroxyl groups excluding tert-OH is 1. The van der Waals surface area contributed by atoms with E-state index in [1.165, 1.54) is 37.0 Å². The van der Waals surface area contributed by atoms with Crippen molar-refractivity contribution in [3.05, 3.63) is 111 Å². The molecule has 16 nitrogen and oxygen atoms in total. The van der Waals surface area contributed by atoms with Crippen LogP contribution in [0.15, 0.2) is 89.5 Å². The van der Waals surface area contributed by atoms with E-state index in [0.29, 0.717) is 72.8 Å². The zero-order chi connectivity index (χ0) is 46.5. The van der Waals surface area contributed by atoms with Crippen LogP contribution in [0.1, 0.15) is 74.2 Å². The van der Waals surface area contributed by atoms with Gasteiger partial charge in [0.25, 0.3) is 21.6 Å². The van der Waals surface area contributed by atoms with Crippen LogP contribution in [0, 0.1) is 21.4 Å². The van der Waals surface area contributed by atoms with Gasteiger partial charge in [0.15, 0.2) is 0 Å². The molecule has 5 aromatic rings. The molecule has 10 rings (SSSR count). The van der Waals surface area contributed by atoms with Crippen molar-refractivity contribution >= 4 is 72.6 Å². The van der Waals surface area contributed by atoms with Crippen LogP contribution in [-0.4, -0.2) is 98.6 Å². The lowest BCUT2D eigenvalue weighted by atomic mass is 9.58. The molecule has 352 valence electrons. The first-order chi connectivity index (χ1) is 32.3. The summed E-state index contributed by atoms with van der Waals surface area (Å²) in [6.45, 7) is 4.92. The van der Waals surface area contributed by atoms with Crippen LogP contribution < -0.4 is 24.6 Å². The van der Waals surface area contributed by atoms with Crippen LogP contribution in [-0.2, 0) is 19.5 Å². The van der Waals surface area contributed by atoms with Crippen molar-refractivity contribution in [2.75, 3.05) is 61.1 Å². The standard InChI is InChI=1S/C49H54ClN7O9S/c1-30-28-56(44-23-33-12-18-51-46(33)53-48(44)66-30)42-24-35(55-19-13-32(14-20-55)45(58)38-11-17-49(15-2-16-49)26-40(38)31-3-5-34(50)6-4-31)7-9-39(42)47(59)54-67(62,63)37-8-10-41(43(25-37)57(60)61)52-27-36-29-64-21-22-65-36/h3-10,12,18,23-25,30,32,36,45,52,58H,2,11,13-17,19-22,26-29H2,1H3,(H,51,53)(H,54,59)/t30-,36-,45?/m1/s1. The number of nitro groups is 1. The SMILES string of the molecule is C[C@@H]1CN(c2cc(N3CCC(C(O)C4=C(c5ccc(Cl)cc5)CC5(CCC5)CC4)CC3)ccc2C(=O)NS(=O)(=O)c2ccc(NC[C@@H]3COCCO3)c([N+](=O)[O-])c2)c2cc3cc[nH]c3nc2O1. The number of carbonyl (C=O) groups is 1. The summed E-state index contributed by atoms with van der Waals surface area (Å²) in [5.41, 5.74) is 6.08. The van der Waals surface area contributed by atoms with E-state index in [1.807, 2.05) is 48.2 Å². The zero-order valence-corrected chi connectivity index (χ0v) is 38.8. The number of pyridine rings is 1. The molecule has 1 unspecified atom stereocenters. The Morgan fingerprint density at radius 2 is 1.85 bits per heavy atom. The molecule has 4 N–H and O–H groups in total. The number of amides is 1. The van der Waals surface area contributed by atoms with Crippen LogP contribution in [0.5, 0.6) is 5.88 Å². The summed E-state index contributed by atoms with van der Waals surface area (Å²) in [6, 6.07) is 20.6. The van der Waals surface area contributed by atoms with Crippen LogP contribution >= 0.6 is 11.6 Å². The monoisotopic (exact) mass is 951 g/mol. The Kier molecular flexibility index (Phi) is 12.4. The van der Waals surface area contributed by atoms with Crippen LogP contribution in [0.4, 0.5) is 28.4 Å². The van der Waals surface area contributed by atoms with E-state index in [2.05, 4.69) is 32.1 Å². The molecule has 3 aliphatic heterocycles. The molecule has 2 aliphatic carbocycles. The predicted molar refractivity (Wildman–Crippen MR) is 256 cm³/mol. The second-order valence-corrected chi connectivity index (χ2v) is 20.7. The summed E-state index contributed by atoms with van der Waals surface area (Å²) in [5.74, 6) is -0.503. The lowest BCUT2D eigenvalue weighted by molar-refractivity contribution is -0.384. The Bertz CT molecular complexity index is 2840. The predicted octanol–water partition coefficient (Wildman–Crippen LogP) is 8.37. The number of benzene rings is 3. The average molecular weight is 953 g/mol. The van der Waals surface area contributed by atoms with Crippen molar-refractivity contribution in [2.45, 2.75) is 81.5 Å². The molecule has 1 amide bonds. The van der Waals surface area contributed by atoms with Gasteiger partial charge in [0.2, 0.25) is 5.88 Å². The fourth-order valence-corrected chi connectivity index (χ4v) is 11.6. The molecule has 5 heterocycles. The van der Waals surface area contributed by atoms with Crippen LogP contribution in [0.2, 0.25) is 5.02 Å². The minimum atomic E-state index is -4.62. The van der Waals surface area contributed by atoms with Crippen molar-refractivity contribution in [1.29, 1.82) is 0 Å². The molecule has 3 aromatic carbocycles. The summed E-state index contributed by atoms with van der Waals surface area (Å²) < 4.78 is 47.3. The second kappa shape index (κ2) is 18.4. The number of nitrogens with one attached hydrogen (secondary N) is 3. The first-order valence-electron chi connectivity index (χ1n) is 23.1. The number of piperidine rings is 1. The zero-order valence-electron chi connectivity index (χ0n) is 37.2. The van der Waals surface area contributed by atoms with Crippen molar-refractivity contribution in [1.82, 2.24) is 14.7 Å². The number of halogens is 1. The molecule has 0 bridgehead atoms. The molecule has 3 fully saturated rings. The number of allylic oxidation sites excluding steroid dienone is 1. The van der Waals surface area contributed by atoms with Gasteiger partial charge in [0.1, 0.15) is 23.1 Å². The highest BCUT2D eigenvalue weighted by Gasteiger charge is 2.43. The highest BCUT2D eigenvalue weighted by molar-refractivity contribution is 7.90. The number of aromatic amines is 1. The van der Waals surface area contributed by atoms with E-state index in [-0.39, 0.29) is 35.9 Å². The van der Waals surface area contributed by atoms with Crippen LogP contribution in [0.25, 0.3) is 16.6 Å². The number of nitro benzene ring substituents is 1. The number of ether oxygens (including phenoxy) is 3. The number of anilines is 4. The summed E-state index contributed by atoms with van der Waals surface area (Å²) >= 11 is 6.29. The molecule has 2 aromatic heterocycles. The van der Waals surface area contributed by atoms with Gasteiger partial charge in [-0.25, -0.2) is 13.1 Å². The number of hydrogen-bond acceptors (Lipinski definition) is 13. The molecule has 3 atom stereocenters. The van der Waals surface area contributed by atoms with Gasteiger partial charge in [-0.3, -0.25) is 14.9 Å². The van der Waals surface area contributed by atoms with Crippen molar-refractivity contribution in [2.24, 2.45) is 11.3 Å². The van der Waals surface area contributed by atoms with E-state index in [4.69, 9.17) is 30.8 Å². The third kappa shape index (κ3) is 9.19. The van der Waals surface area contributed by atoms with Gasteiger partial charge < -0.3 is 39.4 Å². The first kappa shape index (κ1) is 45.1. The van der Waals surface area contributed by atoms with Gasteiger partial charge in [-0.15, -0.1) is 0 Å². The molecule has 67 heavy (non-hydrogen) atoms. The smallest absolute Gasteiger partial charge is 0.293 e. The number of carbonyl (C=O) groups excluding carboxylic acids is 1. The van der Waals surface area contributed by atoms with Gasteiger partial charge in [0, 0.05) is 48.0 Å². The number of nitrogens with zero attached hydrogens (tertiary/aromatic N) is 4. The van der Waals surface area contributed by atoms with Gasteiger partial charge >= 0.3 is 0 Å². The molecule has 0 radical (unpaired) electrons. The Balaban J connectivity index is 0.927. The maximum absolute atomic E-state index is 14.4. The third-order valence-electron chi connectivity index (χ3n) is 14.3. The van der Waals surface area contributed by atoms with Gasteiger partial charge in [-0.05, 0) is 135 Å². The van der Waals surface area contributed by atoms with Crippen molar-refractivity contribution in [3.8, 4) is 5.88 Å². The quantitative estimate of drug-likeness (QED) is 0.0687. The summed E-state index contributed by atoms with van der Waals surface area (Å²) in [5, 5.41) is 28.8. The summed E-state index contributed by atoms with van der Waals surface area (Å²) in [6.07, 6.45) is 8.70. The number of aromatic nitrogens is 2. The van der Waals surface area contributed by atoms with Crippen molar-refractivity contribution < 1.29 is 37.5 Å². The largest absolute Gasteiger partial charge is 0.471 e. The fraction of sp³-hybridized carbons (Fsp3) is 0.429. The second-order valence-electron chi connectivity index (χ2n) is 18.6. The fourth-order valence-electron chi connectivity index (χ4n) is 10.5. The van der Waals surface area contributed by atoms with E-state index in [9.17, 15) is 28.4 Å². The van der Waals surface area contributed by atoms with E-state index >= 15 is 0 Å². The highest BCUT2D eigenvalue weighted by Crippen LogP contribution is 2.56. The molecular weight excluding hydrogens is 898 g/mol. The van der Waals surface area contributed by atoms with Gasteiger partial charge in [-0.1, -0.05) is 30.2 Å². The Morgan fingerprint density at radius 3 is 2.58 bits per heavy atom. The number of rotatable bonds is 12. The van der Waals surface area contributed by atoms with E-state index in [0.717, 1.165) is 60.4 Å². The summed E-state index contributed by atoms with van der Waals surface area (Å²) in [7, 11) is -4.62. The topological polar surface area (TPSA) is 201 Å². The Morgan fingerprint density at radius 1 is 1.04 bits per heavy atom. The average Bonchev–Trinajstić information content (AvgIpc) is 3.79. The van der Waals surface area contributed by atoms with E-state index < -0.39 is 37.5 Å². The molecule has 18 heteroatoms. The van der Waals surface area contributed by atoms with Gasteiger partial charge in [-0.2, -0.15) is 4.98 Å².